The predicted octanol–water partition coefficient (Wildman–Crippen LogP) is 3.93. The number of thiazole rings is 1. The zero-order valence-corrected chi connectivity index (χ0v) is 22.8. The Bertz CT molecular complexity index is 1400. The van der Waals surface area contributed by atoms with E-state index in [4.69, 9.17) is 9.47 Å². The quantitative estimate of drug-likeness (QED) is 0.338. The summed E-state index contributed by atoms with van der Waals surface area (Å²) in [5.74, 6) is 0.0457. The summed E-state index contributed by atoms with van der Waals surface area (Å²) in [6, 6.07) is 4.71. The number of aromatic nitrogens is 1. The average Bonchev–Trinajstić information content (AvgIpc) is 3.56. The largest absolute Gasteiger partial charge is 0.493 e. The van der Waals surface area contributed by atoms with Gasteiger partial charge in [0.25, 0.3) is 5.91 Å². The summed E-state index contributed by atoms with van der Waals surface area (Å²) in [6.45, 7) is 1.89. The molecule has 2 aliphatic rings. The van der Waals surface area contributed by atoms with Crippen molar-refractivity contribution in [2.45, 2.75) is 50.9 Å². The molecule has 0 spiro atoms. The molecule has 1 aliphatic heterocycles. The van der Waals surface area contributed by atoms with E-state index in [1.807, 2.05) is 4.72 Å². The van der Waals surface area contributed by atoms with Crippen LogP contribution in [0.1, 0.15) is 54.0 Å². The first-order valence-corrected chi connectivity index (χ1v) is 14.9. The average molecular weight is 588 g/mol. The Balaban J connectivity index is 1.69. The van der Waals surface area contributed by atoms with E-state index in [2.05, 4.69) is 10.3 Å². The third-order valence-corrected chi connectivity index (χ3v) is 7.57. The molecule has 14 heteroatoms. The standard InChI is InChI=1S/C25H28F3N3O6S2/c1-3-36-19-11-15(37-10-4-9-25(26,27)28)7-8-16(19)18-12-17(24-29-13-20(38-24)14-5-6-14)21(22(32)30-18)23(33)31-39(2,34)35/h7-8,11-14,22,30,32H,3-6,9-10H2,1-2H3,(H,31,33). The van der Waals surface area contributed by atoms with Gasteiger partial charge in [0, 0.05) is 40.4 Å². The zero-order valence-electron chi connectivity index (χ0n) is 21.2. The van der Waals surface area contributed by atoms with Crippen LogP contribution in [0.2, 0.25) is 0 Å². The van der Waals surface area contributed by atoms with E-state index >= 15 is 0 Å². The number of rotatable bonds is 11. The highest BCUT2D eigenvalue weighted by Gasteiger charge is 2.33. The van der Waals surface area contributed by atoms with Crippen LogP contribution >= 0.6 is 11.3 Å². The zero-order chi connectivity index (χ0) is 28.4. The Morgan fingerprint density at radius 2 is 2.03 bits per heavy atom. The van der Waals surface area contributed by atoms with E-state index in [1.54, 1.807) is 31.3 Å². The fourth-order valence-electron chi connectivity index (χ4n) is 3.95. The first-order valence-electron chi connectivity index (χ1n) is 12.2. The van der Waals surface area contributed by atoms with E-state index in [0.717, 1.165) is 24.0 Å². The van der Waals surface area contributed by atoms with Crippen molar-refractivity contribution in [1.82, 2.24) is 15.0 Å². The number of dihydropyridines is 1. The molecule has 1 atom stereocenters. The number of sulfonamides is 1. The van der Waals surface area contributed by atoms with E-state index in [1.165, 1.54) is 17.4 Å². The lowest BCUT2D eigenvalue weighted by molar-refractivity contribution is -0.136. The minimum atomic E-state index is -4.26. The van der Waals surface area contributed by atoms with Crippen LogP contribution in [0.5, 0.6) is 11.5 Å². The SMILES string of the molecule is CCOc1cc(OCCCC(F)(F)F)ccc1C1=CC(c2ncc(C3CC3)s2)=C(C(=O)NS(C)(=O)=O)C(O)N1. The van der Waals surface area contributed by atoms with Crippen molar-refractivity contribution in [1.29, 1.82) is 0 Å². The second-order valence-corrected chi connectivity index (χ2v) is 11.9. The minimum absolute atomic E-state index is 0.136. The fraction of sp³-hybridized carbons (Fsp3) is 0.440. The van der Waals surface area contributed by atoms with Crippen LogP contribution in [0, 0.1) is 0 Å². The molecule has 39 heavy (non-hydrogen) atoms. The maximum absolute atomic E-state index is 12.9. The molecule has 1 unspecified atom stereocenters. The van der Waals surface area contributed by atoms with E-state index < -0.39 is 34.8 Å². The highest BCUT2D eigenvalue weighted by Crippen LogP contribution is 2.44. The molecule has 1 aromatic carbocycles. The highest BCUT2D eigenvalue weighted by atomic mass is 32.2. The number of amides is 1. The molecule has 1 aromatic heterocycles. The molecule has 1 saturated carbocycles. The number of nitrogens with one attached hydrogen (secondary N) is 2. The molecule has 3 N–H and O–H groups in total. The first kappa shape index (κ1) is 28.9. The number of nitrogens with zero attached hydrogens (tertiary/aromatic N) is 1. The topological polar surface area (TPSA) is 127 Å². The number of halogens is 3. The van der Waals surface area contributed by atoms with Gasteiger partial charge in [-0.15, -0.1) is 11.3 Å². The summed E-state index contributed by atoms with van der Waals surface area (Å²) in [6.07, 6.45) is -0.781. The molecular formula is C25H28F3N3O6S2. The maximum atomic E-state index is 12.9. The Kier molecular flexibility index (Phi) is 8.57. The van der Waals surface area contributed by atoms with Gasteiger partial charge in [0.15, 0.2) is 6.23 Å². The van der Waals surface area contributed by atoms with Gasteiger partial charge in [0.05, 0.1) is 25.0 Å². The number of aliphatic hydroxyl groups is 1. The molecule has 0 saturated heterocycles. The maximum Gasteiger partial charge on any atom is 0.389 e. The van der Waals surface area contributed by atoms with Crippen LogP contribution in [0.4, 0.5) is 13.2 Å². The number of ether oxygens (including phenoxy) is 2. The molecule has 1 aliphatic carbocycles. The summed E-state index contributed by atoms with van der Waals surface area (Å²) in [5, 5.41) is 14.2. The fourth-order valence-corrected chi connectivity index (χ4v) is 5.52. The van der Waals surface area contributed by atoms with Crippen LogP contribution < -0.4 is 19.5 Å². The second kappa shape index (κ2) is 11.6. The van der Waals surface area contributed by atoms with Crippen LogP contribution in [-0.4, -0.2) is 56.3 Å². The van der Waals surface area contributed by atoms with E-state index in [-0.39, 0.29) is 30.8 Å². The molecule has 0 bridgehead atoms. The van der Waals surface area contributed by atoms with Crippen molar-refractivity contribution < 1.29 is 41.0 Å². The van der Waals surface area contributed by atoms with Gasteiger partial charge >= 0.3 is 6.18 Å². The van der Waals surface area contributed by atoms with Crippen LogP contribution in [0.3, 0.4) is 0 Å². The van der Waals surface area contributed by atoms with Crippen LogP contribution in [-0.2, 0) is 14.8 Å². The monoisotopic (exact) mass is 587 g/mol. The number of hydrogen-bond donors (Lipinski definition) is 3. The summed E-state index contributed by atoms with van der Waals surface area (Å²) in [4.78, 5) is 18.4. The first-order chi connectivity index (χ1) is 18.3. The van der Waals surface area contributed by atoms with Crippen molar-refractivity contribution in [3.05, 3.63) is 51.5 Å². The molecule has 2 heterocycles. The van der Waals surface area contributed by atoms with Gasteiger partial charge in [-0.05, 0) is 50.3 Å². The number of carbonyl (C=O) groups excluding carboxylic acids is 1. The lowest BCUT2D eigenvalue weighted by Crippen LogP contribution is -2.41. The van der Waals surface area contributed by atoms with Crippen molar-refractivity contribution in [3.8, 4) is 11.5 Å². The smallest absolute Gasteiger partial charge is 0.389 e. The summed E-state index contributed by atoms with van der Waals surface area (Å²) in [5.41, 5.74) is 0.897. The van der Waals surface area contributed by atoms with Gasteiger partial charge in [-0.2, -0.15) is 13.2 Å². The van der Waals surface area contributed by atoms with E-state index in [9.17, 15) is 31.5 Å². The number of alkyl halides is 3. The molecule has 212 valence electrons. The highest BCUT2D eigenvalue weighted by molar-refractivity contribution is 7.89. The van der Waals surface area contributed by atoms with Gasteiger partial charge in [-0.25, -0.2) is 18.1 Å². The molecule has 2 aromatic rings. The number of aliphatic hydroxyl groups excluding tert-OH is 1. The van der Waals surface area contributed by atoms with Gasteiger partial charge in [-0.3, -0.25) is 4.79 Å². The number of allylic oxidation sites excluding steroid dienone is 2. The second-order valence-electron chi connectivity index (χ2n) is 9.14. The van der Waals surface area contributed by atoms with Crippen molar-refractivity contribution in [3.63, 3.8) is 0 Å². The number of benzene rings is 1. The Morgan fingerprint density at radius 1 is 1.28 bits per heavy atom. The number of hydrogen-bond acceptors (Lipinski definition) is 9. The van der Waals surface area contributed by atoms with Gasteiger partial charge in [0.1, 0.15) is 16.5 Å². The van der Waals surface area contributed by atoms with Gasteiger partial charge in [-0.1, -0.05) is 0 Å². The Morgan fingerprint density at radius 3 is 2.67 bits per heavy atom. The normalized spacial score (nSPS) is 17.9. The predicted molar refractivity (Wildman–Crippen MR) is 140 cm³/mol. The number of carbonyl (C=O) groups is 1. The van der Waals surface area contributed by atoms with Crippen molar-refractivity contribution in [2.24, 2.45) is 0 Å². The van der Waals surface area contributed by atoms with Crippen LogP contribution in [0.15, 0.2) is 36.0 Å². The summed E-state index contributed by atoms with van der Waals surface area (Å²) < 4.78 is 73.9. The molecule has 9 nitrogen and oxygen atoms in total. The minimum Gasteiger partial charge on any atom is -0.493 e. The molecular weight excluding hydrogens is 559 g/mol. The van der Waals surface area contributed by atoms with Crippen molar-refractivity contribution in [2.75, 3.05) is 19.5 Å². The third-order valence-electron chi connectivity index (χ3n) is 5.82. The summed E-state index contributed by atoms with van der Waals surface area (Å²) in [7, 11) is -3.91. The van der Waals surface area contributed by atoms with E-state index in [0.29, 0.717) is 33.7 Å². The van der Waals surface area contributed by atoms with Gasteiger partial charge < -0.3 is 19.9 Å². The Labute approximate surface area is 227 Å². The Hall–Kier alpha value is -3.10. The lowest BCUT2D eigenvalue weighted by atomic mass is 9.98. The molecule has 0 radical (unpaired) electrons. The summed E-state index contributed by atoms with van der Waals surface area (Å²) >= 11 is 1.36. The van der Waals surface area contributed by atoms with Gasteiger partial charge in [0.2, 0.25) is 10.0 Å². The van der Waals surface area contributed by atoms with Crippen LogP contribution in [0.25, 0.3) is 11.3 Å². The lowest BCUT2D eigenvalue weighted by Gasteiger charge is -2.27. The molecule has 1 fully saturated rings. The third kappa shape index (κ3) is 7.73. The molecule has 1 amide bonds. The molecule has 4 rings (SSSR count). The van der Waals surface area contributed by atoms with Crippen molar-refractivity contribution >= 4 is 38.5 Å².